The number of hydrogen-bond donors (Lipinski definition) is 2. The highest BCUT2D eigenvalue weighted by Crippen LogP contribution is 2.27. The summed E-state index contributed by atoms with van der Waals surface area (Å²) in [4.78, 5) is 16.9. The molecule has 0 spiro atoms. The maximum absolute atomic E-state index is 12.7. The predicted octanol–water partition coefficient (Wildman–Crippen LogP) is 3.11. The SMILES string of the molecule is COc1ccc(S(=O)(=O)N[C@H]2CC[C@H](C(=O)N[C@H](C)c3cccnc3)CC2)cc1C. The summed E-state index contributed by atoms with van der Waals surface area (Å²) in [6, 6.07) is 8.32. The first-order chi connectivity index (χ1) is 14.3. The Morgan fingerprint density at radius 2 is 1.93 bits per heavy atom. The number of nitrogens with zero attached hydrogens (tertiary/aromatic N) is 1. The van der Waals surface area contributed by atoms with Crippen molar-refractivity contribution >= 4 is 15.9 Å². The molecule has 3 rings (SSSR count). The van der Waals surface area contributed by atoms with Gasteiger partial charge in [-0.3, -0.25) is 9.78 Å². The van der Waals surface area contributed by atoms with E-state index in [0.29, 0.717) is 31.4 Å². The third kappa shape index (κ3) is 5.37. The monoisotopic (exact) mass is 431 g/mol. The molecule has 1 aromatic heterocycles. The average molecular weight is 432 g/mol. The van der Waals surface area contributed by atoms with Gasteiger partial charge in [0.25, 0.3) is 0 Å². The largest absolute Gasteiger partial charge is 0.496 e. The molecule has 0 aliphatic heterocycles. The van der Waals surface area contributed by atoms with E-state index in [2.05, 4.69) is 15.0 Å². The van der Waals surface area contributed by atoms with Gasteiger partial charge in [0.2, 0.25) is 15.9 Å². The maximum Gasteiger partial charge on any atom is 0.240 e. The van der Waals surface area contributed by atoms with Gasteiger partial charge >= 0.3 is 0 Å². The molecule has 0 saturated heterocycles. The van der Waals surface area contributed by atoms with Gasteiger partial charge in [0.05, 0.1) is 18.0 Å². The van der Waals surface area contributed by atoms with E-state index in [4.69, 9.17) is 4.74 Å². The summed E-state index contributed by atoms with van der Waals surface area (Å²) in [5.41, 5.74) is 1.73. The quantitative estimate of drug-likeness (QED) is 0.702. The lowest BCUT2D eigenvalue weighted by molar-refractivity contribution is -0.126. The maximum atomic E-state index is 12.7. The zero-order valence-corrected chi connectivity index (χ0v) is 18.4. The smallest absolute Gasteiger partial charge is 0.240 e. The van der Waals surface area contributed by atoms with E-state index in [0.717, 1.165) is 11.1 Å². The topological polar surface area (TPSA) is 97.4 Å². The lowest BCUT2D eigenvalue weighted by atomic mass is 9.85. The van der Waals surface area contributed by atoms with Gasteiger partial charge in [-0.2, -0.15) is 0 Å². The number of pyridine rings is 1. The molecule has 0 bridgehead atoms. The lowest BCUT2D eigenvalue weighted by Crippen LogP contribution is -2.41. The van der Waals surface area contributed by atoms with Crippen molar-refractivity contribution < 1.29 is 17.9 Å². The van der Waals surface area contributed by atoms with Crippen LogP contribution in [0.3, 0.4) is 0 Å². The normalized spacial score (nSPS) is 20.4. The van der Waals surface area contributed by atoms with E-state index in [9.17, 15) is 13.2 Å². The van der Waals surface area contributed by atoms with Crippen LogP contribution in [0.25, 0.3) is 0 Å². The molecule has 1 heterocycles. The van der Waals surface area contributed by atoms with Crippen molar-refractivity contribution in [3.63, 3.8) is 0 Å². The Hall–Kier alpha value is -2.45. The standard InChI is InChI=1S/C22H29N3O4S/c1-15-13-20(10-11-21(15)29-3)30(27,28)25-19-8-6-17(7-9-19)22(26)24-16(2)18-5-4-12-23-14-18/h4-5,10-14,16-17,19,25H,6-9H2,1-3H3,(H,24,26)/t16-,17-,19-/m1/s1. The van der Waals surface area contributed by atoms with Crippen LogP contribution in [0.1, 0.15) is 49.8 Å². The Kier molecular flexibility index (Phi) is 7.10. The number of carbonyl (C=O) groups excluding carboxylic acids is 1. The number of methoxy groups -OCH3 is 1. The van der Waals surface area contributed by atoms with Crippen molar-refractivity contribution in [3.05, 3.63) is 53.9 Å². The molecule has 8 heteroatoms. The number of nitrogens with one attached hydrogen (secondary N) is 2. The summed E-state index contributed by atoms with van der Waals surface area (Å²) in [7, 11) is -2.06. The second-order valence-corrected chi connectivity index (χ2v) is 9.53. The van der Waals surface area contributed by atoms with E-state index in [-0.39, 0.29) is 28.8 Å². The molecule has 1 saturated carbocycles. The third-order valence-corrected chi connectivity index (χ3v) is 7.16. The Bertz CT molecular complexity index is 971. The van der Waals surface area contributed by atoms with Gasteiger partial charge in [-0.25, -0.2) is 13.1 Å². The number of benzene rings is 1. The van der Waals surface area contributed by atoms with Gasteiger partial charge in [0, 0.05) is 24.4 Å². The van der Waals surface area contributed by atoms with Crippen molar-refractivity contribution in [3.8, 4) is 5.75 Å². The number of aryl methyl sites for hydroxylation is 1. The van der Waals surface area contributed by atoms with Crippen molar-refractivity contribution in [1.82, 2.24) is 15.0 Å². The minimum absolute atomic E-state index is 0.0124. The fourth-order valence-electron chi connectivity index (χ4n) is 3.83. The number of sulfonamides is 1. The molecule has 0 unspecified atom stereocenters. The van der Waals surface area contributed by atoms with Gasteiger partial charge in [0.1, 0.15) is 5.75 Å². The highest BCUT2D eigenvalue weighted by atomic mass is 32.2. The molecule has 1 aromatic carbocycles. The molecule has 7 nitrogen and oxygen atoms in total. The summed E-state index contributed by atoms with van der Waals surface area (Å²) < 4.78 is 33.5. The van der Waals surface area contributed by atoms with Gasteiger partial charge < -0.3 is 10.1 Å². The Labute approximate surface area is 178 Å². The predicted molar refractivity (Wildman–Crippen MR) is 115 cm³/mol. The highest BCUT2D eigenvalue weighted by molar-refractivity contribution is 7.89. The second kappa shape index (κ2) is 9.57. The Balaban J connectivity index is 1.53. The molecule has 1 atom stereocenters. The van der Waals surface area contributed by atoms with Crippen LogP contribution >= 0.6 is 0 Å². The first-order valence-corrected chi connectivity index (χ1v) is 11.7. The van der Waals surface area contributed by atoms with Gasteiger partial charge in [-0.1, -0.05) is 6.07 Å². The summed E-state index contributed by atoms with van der Waals surface area (Å²) in [6.07, 6.45) is 6.02. The molecule has 2 aromatic rings. The summed E-state index contributed by atoms with van der Waals surface area (Å²) in [6.45, 7) is 3.75. The zero-order valence-electron chi connectivity index (χ0n) is 17.6. The first kappa shape index (κ1) is 22.2. The summed E-state index contributed by atoms with van der Waals surface area (Å²) >= 11 is 0. The molecular formula is C22H29N3O4S. The van der Waals surface area contributed by atoms with E-state index in [1.54, 1.807) is 37.7 Å². The number of rotatable bonds is 7. The molecular weight excluding hydrogens is 402 g/mol. The van der Waals surface area contributed by atoms with E-state index in [1.165, 1.54) is 0 Å². The molecule has 1 aliphatic rings. The van der Waals surface area contributed by atoms with Crippen LogP contribution in [0.4, 0.5) is 0 Å². The van der Waals surface area contributed by atoms with Crippen molar-refractivity contribution in [2.24, 2.45) is 5.92 Å². The molecule has 30 heavy (non-hydrogen) atoms. The molecule has 1 fully saturated rings. The van der Waals surface area contributed by atoms with Crippen LogP contribution in [0, 0.1) is 12.8 Å². The summed E-state index contributed by atoms with van der Waals surface area (Å²) in [5, 5.41) is 3.04. The minimum Gasteiger partial charge on any atom is -0.496 e. The Morgan fingerprint density at radius 1 is 1.20 bits per heavy atom. The average Bonchev–Trinajstić information content (AvgIpc) is 2.74. The van der Waals surface area contributed by atoms with Gasteiger partial charge in [-0.05, 0) is 74.9 Å². The number of aromatic nitrogens is 1. The highest BCUT2D eigenvalue weighted by Gasteiger charge is 2.30. The van der Waals surface area contributed by atoms with Crippen LogP contribution in [-0.4, -0.2) is 32.5 Å². The molecule has 1 amide bonds. The molecule has 1 aliphatic carbocycles. The fourth-order valence-corrected chi connectivity index (χ4v) is 5.22. The van der Waals surface area contributed by atoms with Crippen molar-refractivity contribution in [2.75, 3.05) is 7.11 Å². The van der Waals surface area contributed by atoms with Crippen molar-refractivity contribution in [2.45, 2.75) is 56.5 Å². The zero-order chi connectivity index (χ0) is 21.7. The van der Waals surface area contributed by atoms with Crippen LogP contribution in [0.2, 0.25) is 0 Å². The number of ether oxygens (including phenoxy) is 1. The number of amides is 1. The summed E-state index contributed by atoms with van der Waals surface area (Å²) in [5.74, 6) is 0.563. The second-order valence-electron chi connectivity index (χ2n) is 7.82. The lowest BCUT2D eigenvalue weighted by Gasteiger charge is -2.29. The van der Waals surface area contributed by atoms with Crippen LogP contribution in [0.5, 0.6) is 5.75 Å². The molecule has 162 valence electrons. The number of hydrogen-bond acceptors (Lipinski definition) is 5. The van der Waals surface area contributed by atoms with Crippen molar-refractivity contribution in [1.29, 1.82) is 0 Å². The fraction of sp³-hybridized carbons (Fsp3) is 0.455. The number of carbonyl (C=O) groups is 1. The van der Waals surface area contributed by atoms with Gasteiger partial charge in [0.15, 0.2) is 0 Å². The molecule has 2 N–H and O–H groups in total. The van der Waals surface area contributed by atoms with E-state index in [1.807, 2.05) is 26.0 Å². The molecule has 0 radical (unpaired) electrons. The first-order valence-electron chi connectivity index (χ1n) is 10.2. The van der Waals surface area contributed by atoms with Crippen LogP contribution in [0.15, 0.2) is 47.6 Å². The van der Waals surface area contributed by atoms with Crippen LogP contribution < -0.4 is 14.8 Å². The van der Waals surface area contributed by atoms with E-state index >= 15 is 0 Å². The van der Waals surface area contributed by atoms with Crippen LogP contribution in [-0.2, 0) is 14.8 Å². The third-order valence-electron chi connectivity index (χ3n) is 5.64. The van der Waals surface area contributed by atoms with E-state index < -0.39 is 10.0 Å². The Morgan fingerprint density at radius 3 is 2.53 bits per heavy atom. The van der Waals surface area contributed by atoms with Gasteiger partial charge in [-0.15, -0.1) is 0 Å². The minimum atomic E-state index is -3.61.